The monoisotopic (exact) mass is 293 g/mol. The molecule has 4 N–H and O–H groups in total. The van der Waals surface area contributed by atoms with Crippen molar-refractivity contribution in [3.05, 3.63) is 23.8 Å². The number of hydrogen-bond acceptors (Lipinski definition) is 3. The molecule has 0 bridgehead atoms. The average Bonchev–Trinajstić information content (AvgIpc) is 2.66. The third-order valence-corrected chi connectivity index (χ3v) is 3.55. The number of benzene rings is 1. The van der Waals surface area contributed by atoms with E-state index in [1.165, 1.54) is 12.8 Å². The zero-order chi connectivity index (χ0) is 14.5. The third-order valence-electron chi connectivity index (χ3n) is 3.45. The maximum atomic E-state index is 11.1. The van der Waals surface area contributed by atoms with Crippen molar-refractivity contribution in [2.45, 2.75) is 25.7 Å². The summed E-state index contributed by atoms with van der Waals surface area (Å²) >= 11 is 4.88. The Kier molecular flexibility index (Phi) is 4.79. The Hall–Kier alpha value is -1.82. The lowest BCUT2D eigenvalue weighted by atomic mass is 10.1. The molecule has 0 saturated carbocycles. The minimum atomic E-state index is -0.960. The summed E-state index contributed by atoms with van der Waals surface area (Å²) in [6, 6.07) is 5.03. The number of carboxylic acid groups (broad SMARTS) is 1. The van der Waals surface area contributed by atoms with E-state index in [1.54, 1.807) is 12.1 Å². The van der Waals surface area contributed by atoms with Crippen LogP contribution in [0.15, 0.2) is 18.2 Å². The van der Waals surface area contributed by atoms with Crippen LogP contribution in [-0.2, 0) is 0 Å². The molecule has 2 rings (SSSR count). The lowest BCUT2D eigenvalue weighted by Crippen LogP contribution is -2.27. The van der Waals surface area contributed by atoms with Gasteiger partial charge in [0.2, 0.25) is 0 Å². The number of anilines is 2. The predicted molar refractivity (Wildman–Crippen MR) is 84.5 cm³/mol. The minimum Gasteiger partial charge on any atom is -0.478 e. The van der Waals surface area contributed by atoms with Crippen LogP contribution < -0.4 is 16.0 Å². The third kappa shape index (κ3) is 3.60. The van der Waals surface area contributed by atoms with E-state index in [0.29, 0.717) is 5.69 Å². The van der Waals surface area contributed by atoms with Gasteiger partial charge in [-0.2, -0.15) is 0 Å². The number of thiocarbonyl (C=S) groups is 1. The second kappa shape index (κ2) is 6.56. The van der Waals surface area contributed by atoms with Crippen molar-refractivity contribution in [3.8, 4) is 0 Å². The molecule has 1 heterocycles. The van der Waals surface area contributed by atoms with Gasteiger partial charge in [-0.15, -0.1) is 0 Å². The van der Waals surface area contributed by atoms with E-state index < -0.39 is 5.97 Å². The van der Waals surface area contributed by atoms with Crippen LogP contribution in [0.4, 0.5) is 11.4 Å². The van der Waals surface area contributed by atoms with Crippen LogP contribution in [0.1, 0.15) is 36.0 Å². The first-order chi connectivity index (χ1) is 9.58. The van der Waals surface area contributed by atoms with Crippen LogP contribution in [0, 0.1) is 0 Å². The second-order valence-corrected chi connectivity index (χ2v) is 5.37. The average molecular weight is 293 g/mol. The van der Waals surface area contributed by atoms with Gasteiger partial charge in [-0.1, -0.05) is 12.8 Å². The van der Waals surface area contributed by atoms with Gasteiger partial charge in [0.25, 0.3) is 0 Å². The maximum Gasteiger partial charge on any atom is 0.335 e. The summed E-state index contributed by atoms with van der Waals surface area (Å²) in [4.78, 5) is 13.3. The van der Waals surface area contributed by atoms with Crippen LogP contribution in [0.25, 0.3) is 0 Å². The zero-order valence-corrected chi connectivity index (χ0v) is 12.1. The lowest BCUT2D eigenvalue weighted by molar-refractivity contribution is 0.0697. The highest BCUT2D eigenvalue weighted by Crippen LogP contribution is 2.29. The predicted octanol–water partition coefficient (Wildman–Crippen LogP) is 2.42. The van der Waals surface area contributed by atoms with Gasteiger partial charge in [0.15, 0.2) is 5.11 Å². The van der Waals surface area contributed by atoms with Crippen molar-refractivity contribution in [2.75, 3.05) is 23.3 Å². The smallest absolute Gasteiger partial charge is 0.335 e. The highest BCUT2D eigenvalue weighted by molar-refractivity contribution is 7.80. The fourth-order valence-corrected chi connectivity index (χ4v) is 2.60. The normalized spacial score (nSPS) is 15.5. The van der Waals surface area contributed by atoms with Gasteiger partial charge in [0.1, 0.15) is 0 Å². The van der Waals surface area contributed by atoms with Crippen molar-refractivity contribution in [1.82, 2.24) is 0 Å². The number of nitrogens with one attached hydrogen (secondary N) is 1. The summed E-state index contributed by atoms with van der Waals surface area (Å²) in [5, 5.41) is 12.1. The molecule has 20 heavy (non-hydrogen) atoms. The van der Waals surface area contributed by atoms with E-state index in [2.05, 4.69) is 10.2 Å². The first kappa shape index (κ1) is 14.6. The number of nitrogens with zero attached hydrogens (tertiary/aromatic N) is 1. The van der Waals surface area contributed by atoms with E-state index in [0.717, 1.165) is 31.6 Å². The van der Waals surface area contributed by atoms with Gasteiger partial charge in [0, 0.05) is 13.1 Å². The van der Waals surface area contributed by atoms with Crippen LogP contribution in [0.5, 0.6) is 0 Å². The van der Waals surface area contributed by atoms with Gasteiger partial charge in [-0.3, -0.25) is 0 Å². The molecule has 0 aromatic heterocycles. The summed E-state index contributed by atoms with van der Waals surface area (Å²) in [5.74, 6) is -0.960. The Labute approximate surface area is 123 Å². The molecule has 0 spiro atoms. The topological polar surface area (TPSA) is 78.6 Å². The van der Waals surface area contributed by atoms with E-state index >= 15 is 0 Å². The SMILES string of the molecule is NC(=S)Nc1cc(C(=O)O)ccc1N1CCCCCC1. The number of carbonyl (C=O) groups is 1. The number of carboxylic acids is 1. The molecular weight excluding hydrogens is 274 g/mol. The Balaban J connectivity index is 2.34. The Morgan fingerprint density at radius 3 is 2.45 bits per heavy atom. The molecule has 1 aromatic rings. The number of nitrogens with two attached hydrogens (primary N) is 1. The number of aromatic carboxylic acids is 1. The molecule has 6 heteroatoms. The van der Waals surface area contributed by atoms with E-state index in [4.69, 9.17) is 23.1 Å². The second-order valence-electron chi connectivity index (χ2n) is 4.93. The fourth-order valence-electron chi connectivity index (χ4n) is 2.49. The lowest BCUT2D eigenvalue weighted by Gasteiger charge is -2.25. The van der Waals surface area contributed by atoms with Gasteiger partial charge in [-0.25, -0.2) is 4.79 Å². The quantitative estimate of drug-likeness (QED) is 0.743. The van der Waals surface area contributed by atoms with Crippen LogP contribution in [0.3, 0.4) is 0 Å². The summed E-state index contributed by atoms with van der Waals surface area (Å²) in [6.07, 6.45) is 4.77. The van der Waals surface area contributed by atoms with Crippen LogP contribution in [-0.4, -0.2) is 29.3 Å². The first-order valence-electron chi connectivity index (χ1n) is 6.76. The zero-order valence-electron chi connectivity index (χ0n) is 11.3. The standard InChI is InChI=1S/C14H19N3O2S/c15-14(20)16-11-9-10(13(18)19)5-6-12(11)17-7-3-1-2-4-8-17/h5-6,9H,1-4,7-8H2,(H,18,19)(H3,15,16,20). The summed E-state index contributed by atoms with van der Waals surface area (Å²) in [6.45, 7) is 1.94. The van der Waals surface area contributed by atoms with Gasteiger partial charge >= 0.3 is 5.97 Å². The molecule has 0 amide bonds. The van der Waals surface area contributed by atoms with Crippen LogP contribution in [0.2, 0.25) is 0 Å². The van der Waals surface area contributed by atoms with Crippen LogP contribution >= 0.6 is 12.2 Å². The molecule has 0 unspecified atom stereocenters. The molecule has 1 aliphatic heterocycles. The maximum absolute atomic E-state index is 11.1. The molecule has 0 radical (unpaired) electrons. The molecule has 1 aromatic carbocycles. The minimum absolute atomic E-state index is 0.142. The van der Waals surface area contributed by atoms with Crippen molar-refractivity contribution in [2.24, 2.45) is 5.73 Å². The van der Waals surface area contributed by atoms with Crippen molar-refractivity contribution < 1.29 is 9.90 Å². The largest absolute Gasteiger partial charge is 0.478 e. The molecule has 1 saturated heterocycles. The van der Waals surface area contributed by atoms with E-state index in [-0.39, 0.29) is 10.7 Å². The van der Waals surface area contributed by atoms with Crippen molar-refractivity contribution >= 4 is 34.7 Å². The fraction of sp³-hybridized carbons (Fsp3) is 0.429. The van der Waals surface area contributed by atoms with Gasteiger partial charge in [-0.05, 0) is 43.3 Å². The number of rotatable bonds is 3. The van der Waals surface area contributed by atoms with E-state index in [1.807, 2.05) is 6.07 Å². The first-order valence-corrected chi connectivity index (χ1v) is 7.17. The molecule has 108 valence electrons. The summed E-state index contributed by atoms with van der Waals surface area (Å²) < 4.78 is 0. The summed E-state index contributed by atoms with van der Waals surface area (Å²) in [7, 11) is 0. The molecule has 0 atom stereocenters. The Morgan fingerprint density at radius 2 is 1.90 bits per heavy atom. The van der Waals surface area contributed by atoms with Gasteiger partial charge < -0.3 is 21.1 Å². The van der Waals surface area contributed by atoms with Gasteiger partial charge in [0.05, 0.1) is 16.9 Å². The molecular formula is C14H19N3O2S. The van der Waals surface area contributed by atoms with Crippen molar-refractivity contribution in [3.63, 3.8) is 0 Å². The highest BCUT2D eigenvalue weighted by Gasteiger charge is 2.16. The highest BCUT2D eigenvalue weighted by atomic mass is 32.1. The Bertz CT molecular complexity index is 511. The molecule has 1 aliphatic rings. The Morgan fingerprint density at radius 1 is 1.25 bits per heavy atom. The van der Waals surface area contributed by atoms with Crippen molar-refractivity contribution in [1.29, 1.82) is 0 Å². The molecule has 0 aliphatic carbocycles. The molecule has 1 fully saturated rings. The van der Waals surface area contributed by atoms with E-state index in [9.17, 15) is 4.79 Å². The molecule has 5 nitrogen and oxygen atoms in total. The number of hydrogen-bond donors (Lipinski definition) is 3. The summed E-state index contributed by atoms with van der Waals surface area (Å²) in [5.41, 5.74) is 7.39.